The van der Waals surface area contributed by atoms with Crippen molar-refractivity contribution >= 4 is 5.97 Å². The van der Waals surface area contributed by atoms with Crippen LogP contribution in [0.15, 0.2) is 12.2 Å². The summed E-state index contributed by atoms with van der Waals surface area (Å²) in [5, 5.41) is 8.29. The molecule has 82 valence electrons. The molecule has 0 radical (unpaired) electrons. The molecule has 0 aromatic heterocycles. The lowest BCUT2D eigenvalue weighted by Crippen LogP contribution is -1.91. The van der Waals surface area contributed by atoms with Gasteiger partial charge in [-0.15, -0.1) is 0 Å². The van der Waals surface area contributed by atoms with E-state index in [9.17, 15) is 9.18 Å². The Kier molecular flexibility index (Phi) is 8.19. The van der Waals surface area contributed by atoms with E-state index in [4.69, 9.17) is 5.11 Å². The topological polar surface area (TPSA) is 37.3 Å². The second-order valence-corrected chi connectivity index (χ2v) is 3.51. The molecule has 1 atom stereocenters. The zero-order chi connectivity index (χ0) is 10.8. The molecule has 0 aliphatic heterocycles. The second kappa shape index (κ2) is 8.73. The molecule has 0 saturated carbocycles. The van der Waals surface area contributed by atoms with E-state index < -0.39 is 12.1 Å². The molecule has 0 spiro atoms. The van der Waals surface area contributed by atoms with Crippen LogP contribution >= 0.6 is 0 Å². The minimum Gasteiger partial charge on any atom is -0.478 e. The molecule has 0 rings (SSSR count). The van der Waals surface area contributed by atoms with Crippen molar-refractivity contribution in [1.82, 2.24) is 0 Å². The molecule has 0 aliphatic rings. The smallest absolute Gasteiger partial charge is 0.327 e. The number of alkyl halides is 1. The molecule has 0 heterocycles. The molecule has 0 amide bonds. The van der Waals surface area contributed by atoms with Crippen LogP contribution in [0, 0.1) is 0 Å². The number of carboxylic acids is 1. The van der Waals surface area contributed by atoms with Crippen LogP contribution in [0.25, 0.3) is 0 Å². The van der Waals surface area contributed by atoms with Crippen LogP contribution in [0.4, 0.5) is 4.39 Å². The first-order valence-electron chi connectivity index (χ1n) is 5.16. The minimum atomic E-state index is -0.892. The van der Waals surface area contributed by atoms with Crippen molar-refractivity contribution in [2.24, 2.45) is 0 Å². The average molecular weight is 202 g/mol. The number of allylic oxidation sites excluding steroid dienone is 1. The summed E-state index contributed by atoms with van der Waals surface area (Å²) in [6, 6.07) is 0. The van der Waals surface area contributed by atoms with E-state index in [1.54, 1.807) is 13.0 Å². The van der Waals surface area contributed by atoms with Gasteiger partial charge in [0.05, 0.1) is 6.17 Å². The zero-order valence-corrected chi connectivity index (χ0v) is 8.71. The lowest BCUT2D eigenvalue weighted by molar-refractivity contribution is -0.131. The van der Waals surface area contributed by atoms with Gasteiger partial charge >= 0.3 is 5.97 Å². The summed E-state index contributed by atoms with van der Waals surface area (Å²) in [5.41, 5.74) is 0. The molecular weight excluding hydrogens is 183 g/mol. The molecule has 0 aliphatic carbocycles. The van der Waals surface area contributed by atoms with Crippen molar-refractivity contribution < 1.29 is 14.3 Å². The molecule has 1 unspecified atom stereocenters. The van der Waals surface area contributed by atoms with Crippen LogP contribution in [0.2, 0.25) is 0 Å². The minimum absolute atomic E-state index is 0.644. The van der Waals surface area contributed by atoms with E-state index in [2.05, 4.69) is 0 Å². The van der Waals surface area contributed by atoms with Crippen molar-refractivity contribution in [3.63, 3.8) is 0 Å². The molecule has 0 fully saturated rings. The Morgan fingerprint density at radius 1 is 1.36 bits per heavy atom. The van der Waals surface area contributed by atoms with E-state index >= 15 is 0 Å². The molecule has 1 N–H and O–H groups in total. The quantitative estimate of drug-likeness (QED) is 0.484. The molecule has 0 bridgehead atoms. The van der Waals surface area contributed by atoms with Crippen LogP contribution in [-0.4, -0.2) is 17.2 Å². The van der Waals surface area contributed by atoms with Crippen molar-refractivity contribution in [3.8, 4) is 0 Å². The van der Waals surface area contributed by atoms with Gasteiger partial charge in [-0.05, 0) is 26.2 Å². The van der Waals surface area contributed by atoms with Crippen molar-refractivity contribution in [1.29, 1.82) is 0 Å². The van der Waals surface area contributed by atoms with Crippen LogP contribution in [-0.2, 0) is 4.79 Å². The molecule has 0 aromatic rings. The Morgan fingerprint density at radius 3 is 2.57 bits per heavy atom. The van der Waals surface area contributed by atoms with Crippen molar-refractivity contribution in [3.05, 3.63) is 12.2 Å². The predicted molar refractivity (Wildman–Crippen MR) is 55.0 cm³/mol. The van der Waals surface area contributed by atoms with Crippen LogP contribution in [0.3, 0.4) is 0 Å². The van der Waals surface area contributed by atoms with Gasteiger partial charge in [-0.25, -0.2) is 9.18 Å². The summed E-state index contributed by atoms with van der Waals surface area (Å²) in [4.78, 5) is 10.1. The number of hydrogen-bond donors (Lipinski definition) is 1. The summed E-state index contributed by atoms with van der Waals surface area (Å²) < 4.78 is 12.3. The summed E-state index contributed by atoms with van der Waals surface area (Å²) >= 11 is 0. The number of hydrogen-bond acceptors (Lipinski definition) is 1. The van der Waals surface area contributed by atoms with E-state index in [0.717, 1.165) is 32.1 Å². The van der Waals surface area contributed by atoms with E-state index in [1.165, 1.54) is 6.08 Å². The Hall–Kier alpha value is -0.860. The van der Waals surface area contributed by atoms with Gasteiger partial charge in [-0.3, -0.25) is 0 Å². The SMILES string of the molecule is CC(F)CCCCCCC=CC(=O)O. The fourth-order valence-corrected chi connectivity index (χ4v) is 1.23. The number of rotatable bonds is 8. The second-order valence-electron chi connectivity index (χ2n) is 3.51. The van der Waals surface area contributed by atoms with Crippen molar-refractivity contribution in [2.75, 3.05) is 0 Å². The van der Waals surface area contributed by atoms with Gasteiger partial charge in [0.2, 0.25) is 0 Å². The first kappa shape index (κ1) is 13.1. The van der Waals surface area contributed by atoms with Gasteiger partial charge in [0, 0.05) is 6.08 Å². The van der Waals surface area contributed by atoms with E-state index in [1.807, 2.05) is 0 Å². The van der Waals surface area contributed by atoms with Crippen LogP contribution in [0.5, 0.6) is 0 Å². The number of carbonyl (C=O) groups is 1. The Bertz CT molecular complexity index is 176. The average Bonchev–Trinajstić information content (AvgIpc) is 2.08. The molecular formula is C11H19FO2. The van der Waals surface area contributed by atoms with E-state index in [-0.39, 0.29) is 0 Å². The van der Waals surface area contributed by atoms with E-state index in [0.29, 0.717) is 6.42 Å². The number of halogens is 1. The molecule has 0 saturated heterocycles. The third kappa shape index (κ3) is 11.1. The van der Waals surface area contributed by atoms with Crippen molar-refractivity contribution in [2.45, 2.75) is 51.6 Å². The van der Waals surface area contributed by atoms with Crippen LogP contribution in [0.1, 0.15) is 45.4 Å². The Labute approximate surface area is 84.8 Å². The third-order valence-electron chi connectivity index (χ3n) is 1.98. The zero-order valence-electron chi connectivity index (χ0n) is 8.71. The third-order valence-corrected chi connectivity index (χ3v) is 1.98. The maximum absolute atomic E-state index is 12.3. The highest BCUT2D eigenvalue weighted by molar-refractivity contribution is 5.79. The molecule has 3 heteroatoms. The summed E-state index contributed by atoms with van der Waals surface area (Å²) in [6.07, 6.45) is 7.60. The Morgan fingerprint density at radius 2 is 2.00 bits per heavy atom. The van der Waals surface area contributed by atoms with Gasteiger partial charge in [0.15, 0.2) is 0 Å². The number of unbranched alkanes of at least 4 members (excludes halogenated alkanes) is 4. The highest BCUT2D eigenvalue weighted by Crippen LogP contribution is 2.08. The first-order valence-corrected chi connectivity index (χ1v) is 5.16. The standard InChI is InChI=1S/C11H19FO2/c1-10(12)8-6-4-2-3-5-7-9-11(13)14/h7,9-10H,2-6,8H2,1H3,(H,13,14). The van der Waals surface area contributed by atoms with Gasteiger partial charge < -0.3 is 5.11 Å². The van der Waals surface area contributed by atoms with Crippen LogP contribution < -0.4 is 0 Å². The number of carboxylic acid groups (broad SMARTS) is 1. The van der Waals surface area contributed by atoms with Gasteiger partial charge in [-0.1, -0.05) is 25.3 Å². The monoisotopic (exact) mass is 202 g/mol. The predicted octanol–water partition coefficient (Wildman–Crippen LogP) is 3.33. The van der Waals surface area contributed by atoms with Gasteiger partial charge in [0.25, 0.3) is 0 Å². The van der Waals surface area contributed by atoms with Gasteiger partial charge in [-0.2, -0.15) is 0 Å². The lowest BCUT2D eigenvalue weighted by Gasteiger charge is -2.00. The maximum atomic E-state index is 12.3. The lowest BCUT2D eigenvalue weighted by atomic mass is 10.1. The highest BCUT2D eigenvalue weighted by atomic mass is 19.1. The van der Waals surface area contributed by atoms with Gasteiger partial charge in [0.1, 0.15) is 0 Å². The Balaban J connectivity index is 3.10. The summed E-state index contributed by atoms with van der Waals surface area (Å²) in [5.74, 6) is -0.892. The maximum Gasteiger partial charge on any atom is 0.327 e. The largest absolute Gasteiger partial charge is 0.478 e. The molecule has 0 aromatic carbocycles. The summed E-state index contributed by atoms with van der Waals surface area (Å²) in [6.45, 7) is 1.58. The molecule has 14 heavy (non-hydrogen) atoms. The highest BCUT2D eigenvalue weighted by Gasteiger charge is 1.96. The number of aliphatic carboxylic acids is 1. The fourth-order valence-electron chi connectivity index (χ4n) is 1.23. The summed E-state index contributed by atoms with van der Waals surface area (Å²) in [7, 11) is 0. The molecule has 2 nitrogen and oxygen atoms in total. The normalized spacial score (nSPS) is 13.3. The first-order chi connectivity index (χ1) is 6.63. The fraction of sp³-hybridized carbons (Fsp3) is 0.727.